The molecule has 4 heteroatoms. The number of nitrogens with zero attached hydrogens (tertiary/aromatic N) is 2. The molecule has 0 aliphatic carbocycles. The molecule has 0 heterocycles. The van der Waals surface area contributed by atoms with Crippen LogP contribution in [-0.2, 0) is 6.54 Å². The molecule has 21 heavy (non-hydrogen) atoms. The van der Waals surface area contributed by atoms with Crippen molar-refractivity contribution in [3.8, 4) is 6.07 Å². The number of rotatable bonds is 4. The van der Waals surface area contributed by atoms with E-state index >= 15 is 0 Å². The highest BCUT2D eigenvalue weighted by Crippen LogP contribution is 2.23. The van der Waals surface area contributed by atoms with Crippen LogP contribution in [0.1, 0.15) is 29.7 Å². The molecule has 0 saturated heterocycles. The fourth-order valence-electron chi connectivity index (χ4n) is 2.15. The van der Waals surface area contributed by atoms with E-state index in [0.717, 1.165) is 5.56 Å². The molecule has 108 valence electrons. The third-order valence-electron chi connectivity index (χ3n) is 3.62. The summed E-state index contributed by atoms with van der Waals surface area (Å²) in [6.07, 6.45) is 0. The summed E-state index contributed by atoms with van der Waals surface area (Å²) in [4.78, 5) is 2.05. The molecular formula is C17H16ClFN2. The molecule has 2 aromatic carbocycles. The van der Waals surface area contributed by atoms with Crippen LogP contribution in [-0.4, -0.2) is 11.9 Å². The summed E-state index contributed by atoms with van der Waals surface area (Å²) < 4.78 is 13.9. The minimum atomic E-state index is -0.343. The van der Waals surface area contributed by atoms with Crippen molar-refractivity contribution < 1.29 is 4.39 Å². The smallest absolute Gasteiger partial charge is 0.129 e. The Morgan fingerprint density at radius 3 is 2.48 bits per heavy atom. The lowest BCUT2D eigenvalue weighted by molar-refractivity contribution is 0.249. The van der Waals surface area contributed by atoms with Crippen LogP contribution in [0.4, 0.5) is 4.39 Å². The van der Waals surface area contributed by atoms with Crippen LogP contribution < -0.4 is 0 Å². The lowest BCUT2D eigenvalue weighted by Crippen LogP contribution is -2.22. The van der Waals surface area contributed by atoms with Gasteiger partial charge in [0.15, 0.2) is 0 Å². The van der Waals surface area contributed by atoms with E-state index in [1.165, 1.54) is 6.07 Å². The summed E-state index contributed by atoms with van der Waals surface area (Å²) in [7, 11) is 1.94. The molecule has 1 unspecified atom stereocenters. The van der Waals surface area contributed by atoms with Crippen molar-refractivity contribution in [3.63, 3.8) is 0 Å². The zero-order valence-electron chi connectivity index (χ0n) is 12.0. The average Bonchev–Trinajstić information content (AvgIpc) is 2.49. The number of nitriles is 1. The number of halogens is 2. The molecule has 0 radical (unpaired) electrons. The first-order valence-corrected chi connectivity index (χ1v) is 7.03. The van der Waals surface area contributed by atoms with E-state index < -0.39 is 0 Å². The van der Waals surface area contributed by atoms with Crippen LogP contribution in [0.5, 0.6) is 0 Å². The van der Waals surface area contributed by atoms with Crippen molar-refractivity contribution in [2.24, 2.45) is 0 Å². The molecule has 0 bridgehead atoms. The Morgan fingerprint density at radius 2 is 1.90 bits per heavy atom. The fraction of sp³-hybridized carbons (Fsp3) is 0.235. The van der Waals surface area contributed by atoms with Gasteiger partial charge in [0.2, 0.25) is 0 Å². The van der Waals surface area contributed by atoms with Crippen LogP contribution in [0.15, 0.2) is 42.5 Å². The second-order valence-corrected chi connectivity index (χ2v) is 5.50. The maximum Gasteiger partial charge on any atom is 0.129 e. The van der Waals surface area contributed by atoms with Crippen LogP contribution in [0.3, 0.4) is 0 Å². The van der Waals surface area contributed by atoms with Gasteiger partial charge in [-0.1, -0.05) is 29.8 Å². The molecule has 2 aromatic rings. The van der Waals surface area contributed by atoms with Crippen molar-refractivity contribution in [1.29, 1.82) is 5.26 Å². The summed E-state index contributed by atoms with van der Waals surface area (Å²) in [6.45, 7) is 2.53. The second-order valence-electron chi connectivity index (χ2n) is 5.06. The number of hydrogen-bond donors (Lipinski definition) is 0. The zero-order valence-corrected chi connectivity index (χ0v) is 12.7. The Kier molecular flexibility index (Phi) is 4.95. The standard InChI is InChI=1S/C17H16ClFN2/c1-12(14-5-7-16(18)8-6-14)21(2)11-15-4-3-13(10-20)9-17(15)19/h3-9,12H,11H2,1-2H3. The Bertz CT molecular complexity index is 661. The van der Waals surface area contributed by atoms with Gasteiger partial charge in [-0.05, 0) is 43.8 Å². The lowest BCUT2D eigenvalue weighted by atomic mass is 10.1. The van der Waals surface area contributed by atoms with Gasteiger partial charge in [0.25, 0.3) is 0 Å². The van der Waals surface area contributed by atoms with Gasteiger partial charge in [-0.2, -0.15) is 5.26 Å². The van der Waals surface area contributed by atoms with E-state index in [-0.39, 0.29) is 11.9 Å². The topological polar surface area (TPSA) is 27.0 Å². The number of benzene rings is 2. The highest BCUT2D eigenvalue weighted by atomic mass is 35.5. The normalized spacial score (nSPS) is 12.2. The molecule has 0 fully saturated rings. The van der Waals surface area contributed by atoms with Gasteiger partial charge < -0.3 is 0 Å². The summed E-state index contributed by atoms with van der Waals surface area (Å²) in [5, 5.41) is 9.46. The average molecular weight is 303 g/mol. The highest BCUT2D eigenvalue weighted by Gasteiger charge is 2.14. The number of hydrogen-bond acceptors (Lipinski definition) is 2. The summed E-state index contributed by atoms with van der Waals surface area (Å²) >= 11 is 5.89. The first kappa shape index (κ1) is 15.5. The predicted molar refractivity (Wildman–Crippen MR) is 82.4 cm³/mol. The van der Waals surface area contributed by atoms with Crippen molar-refractivity contribution in [3.05, 3.63) is 70.0 Å². The van der Waals surface area contributed by atoms with Gasteiger partial charge in [-0.3, -0.25) is 4.90 Å². The van der Waals surface area contributed by atoms with Crippen molar-refractivity contribution in [2.75, 3.05) is 7.05 Å². The third kappa shape index (κ3) is 3.81. The van der Waals surface area contributed by atoms with E-state index in [2.05, 4.69) is 6.92 Å². The minimum Gasteiger partial charge on any atom is -0.295 e. The van der Waals surface area contributed by atoms with Crippen molar-refractivity contribution >= 4 is 11.6 Å². The molecule has 0 aliphatic heterocycles. The Balaban J connectivity index is 2.12. The largest absolute Gasteiger partial charge is 0.295 e. The fourth-order valence-corrected chi connectivity index (χ4v) is 2.27. The zero-order chi connectivity index (χ0) is 15.4. The van der Waals surface area contributed by atoms with E-state index in [0.29, 0.717) is 22.7 Å². The summed E-state index contributed by atoms with van der Waals surface area (Å²) in [6, 6.07) is 14.3. The monoisotopic (exact) mass is 302 g/mol. The second kappa shape index (κ2) is 6.71. The van der Waals surface area contributed by atoms with Gasteiger partial charge in [0.1, 0.15) is 5.82 Å². The molecule has 2 nitrogen and oxygen atoms in total. The van der Waals surface area contributed by atoms with Crippen LogP contribution in [0, 0.1) is 17.1 Å². The summed E-state index contributed by atoms with van der Waals surface area (Å²) in [5.41, 5.74) is 2.04. The van der Waals surface area contributed by atoms with Gasteiger partial charge in [0.05, 0.1) is 11.6 Å². The predicted octanol–water partition coefficient (Wildman–Crippen LogP) is 4.54. The Hall–Kier alpha value is -1.89. The first-order valence-electron chi connectivity index (χ1n) is 6.65. The molecule has 0 N–H and O–H groups in total. The molecule has 0 amide bonds. The third-order valence-corrected chi connectivity index (χ3v) is 3.87. The SMILES string of the molecule is CC(c1ccc(Cl)cc1)N(C)Cc1ccc(C#N)cc1F. The lowest BCUT2D eigenvalue weighted by Gasteiger charge is -2.25. The minimum absolute atomic E-state index is 0.136. The quantitative estimate of drug-likeness (QED) is 0.829. The molecule has 0 aliphatic rings. The highest BCUT2D eigenvalue weighted by molar-refractivity contribution is 6.30. The Morgan fingerprint density at radius 1 is 1.24 bits per heavy atom. The van der Waals surface area contributed by atoms with Crippen LogP contribution >= 0.6 is 11.6 Å². The van der Waals surface area contributed by atoms with Gasteiger partial charge in [-0.25, -0.2) is 4.39 Å². The molecular weight excluding hydrogens is 287 g/mol. The van der Waals surface area contributed by atoms with Gasteiger partial charge in [0, 0.05) is 23.2 Å². The molecule has 0 saturated carbocycles. The molecule has 2 rings (SSSR count). The van der Waals surface area contributed by atoms with E-state index in [1.54, 1.807) is 12.1 Å². The molecule has 0 spiro atoms. The molecule has 1 atom stereocenters. The van der Waals surface area contributed by atoms with Crippen LogP contribution in [0.25, 0.3) is 0 Å². The van der Waals surface area contributed by atoms with Gasteiger partial charge >= 0.3 is 0 Å². The van der Waals surface area contributed by atoms with E-state index in [1.807, 2.05) is 42.3 Å². The van der Waals surface area contributed by atoms with Crippen molar-refractivity contribution in [1.82, 2.24) is 4.90 Å². The maximum absolute atomic E-state index is 13.9. The summed E-state index contributed by atoms with van der Waals surface area (Å²) in [5.74, 6) is -0.343. The molecule has 0 aromatic heterocycles. The van der Waals surface area contributed by atoms with Crippen molar-refractivity contribution in [2.45, 2.75) is 19.5 Å². The maximum atomic E-state index is 13.9. The van der Waals surface area contributed by atoms with E-state index in [9.17, 15) is 4.39 Å². The van der Waals surface area contributed by atoms with E-state index in [4.69, 9.17) is 16.9 Å². The first-order chi connectivity index (χ1) is 10.0. The van der Waals surface area contributed by atoms with Crippen LogP contribution in [0.2, 0.25) is 5.02 Å². The Labute approximate surface area is 129 Å². The van der Waals surface area contributed by atoms with Gasteiger partial charge in [-0.15, -0.1) is 0 Å².